The van der Waals surface area contributed by atoms with Crippen molar-refractivity contribution in [3.63, 3.8) is 0 Å². The van der Waals surface area contributed by atoms with Gasteiger partial charge in [-0.25, -0.2) is 0 Å². The molecule has 0 aliphatic carbocycles. The Hall–Kier alpha value is -1.43. The molecule has 1 rings (SSSR count). The van der Waals surface area contributed by atoms with Gasteiger partial charge in [0.05, 0.1) is 12.2 Å². The molecule has 16 heavy (non-hydrogen) atoms. The number of carbonyl (C=O) groups is 1. The topological polar surface area (TPSA) is 71.8 Å². The molecule has 2 N–H and O–H groups in total. The predicted octanol–water partition coefficient (Wildman–Crippen LogP) is -0.0878. The molecule has 0 aromatic carbocycles. The van der Waals surface area contributed by atoms with Crippen LogP contribution >= 0.6 is 0 Å². The van der Waals surface area contributed by atoms with Gasteiger partial charge < -0.3 is 10.6 Å². The van der Waals surface area contributed by atoms with Gasteiger partial charge in [0.25, 0.3) is 0 Å². The summed E-state index contributed by atoms with van der Waals surface area (Å²) in [6, 6.07) is 0.435. The number of rotatable bonds is 6. The first-order chi connectivity index (χ1) is 7.58. The SMILES string of the molecule is CC(=O)NCCn1cc(CNC(C)C)nn1. The number of nitrogens with zero attached hydrogens (tertiary/aromatic N) is 3. The van der Waals surface area contributed by atoms with Crippen molar-refractivity contribution in [1.82, 2.24) is 25.6 Å². The van der Waals surface area contributed by atoms with Gasteiger partial charge in [0.15, 0.2) is 0 Å². The number of nitrogens with one attached hydrogen (secondary N) is 2. The molecule has 90 valence electrons. The number of carbonyl (C=O) groups excluding carboxylic acids is 1. The highest BCUT2D eigenvalue weighted by molar-refractivity contribution is 5.72. The van der Waals surface area contributed by atoms with Crippen molar-refractivity contribution >= 4 is 5.91 Å². The van der Waals surface area contributed by atoms with Crippen LogP contribution in [0.4, 0.5) is 0 Å². The molecule has 0 saturated carbocycles. The molecular formula is C10H19N5O. The lowest BCUT2D eigenvalue weighted by molar-refractivity contribution is -0.118. The van der Waals surface area contributed by atoms with Gasteiger partial charge in [-0.15, -0.1) is 5.10 Å². The molecule has 6 nitrogen and oxygen atoms in total. The first-order valence-corrected chi connectivity index (χ1v) is 5.44. The van der Waals surface area contributed by atoms with E-state index in [1.165, 1.54) is 6.92 Å². The third-order valence-corrected chi connectivity index (χ3v) is 1.99. The second kappa shape index (κ2) is 6.22. The highest BCUT2D eigenvalue weighted by atomic mass is 16.1. The predicted molar refractivity (Wildman–Crippen MR) is 60.7 cm³/mol. The van der Waals surface area contributed by atoms with Gasteiger partial charge in [-0.3, -0.25) is 9.48 Å². The number of amides is 1. The molecular weight excluding hydrogens is 206 g/mol. The quantitative estimate of drug-likeness (QED) is 0.710. The molecule has 0 aliphatic heterocycles. The third-order valence-electron chi connectivity index (χ3n) is 1.99. The summed E-state index contributed by atoms with van der Waals surface area (Å²) in [5, 5.41) is 14.0. The number of hydrogen-bond donors (Lipinski definition) is 2. The second-order valence-electron chi connectivity index (χ2n) is 3.99. The van der Waals surface area contributed by atoms with Crippen LogP contribution in [0.1, 0.15) is 26.5 Å². The Morgan fingerprint density at radius 3 is 2.94 bits per heavy atom. The van der Waals surface area contributed by atoms with Crippen LogP contribution in [0.25, 0.3) is 0 Å². The van der Waals surface area contributed by atoms with Gasteiger partial charge in [0.2, 0.25) is 5.91 Å². The number of hydrogen-bond acceptors (Lipinski definition) is 4. The Balaban J connectivity index is 2.30. The van der Waals surface area contributed by atoms with E-state index in [0.717, 1.165) is 12.2 Å². The van der Waals surface area contributed by atoms with Crippen LogP contribution in [0.5, 0.6) is 0 Å². The van der Waals surface area contributed by atoms with E-state index >= 15 is 0 Å². The Morgan fingerprint density at radius 2 is 2.31 bits per heavy atom. The molecule has 0 bridgehead atoms. The van der Waals surface area contributed by atoms with E-state index in [4.69, 9.17) is 0 Å². The minimum absolute atomic E-state index is 0.0261. The summed E-state index contributed by atoms with van der Waals surface area (Å²) in [7, 11) is 0. The van der Waals surface area contributed by atoms with E-state index in [0.29, 0.717) is 19.1 Å². The van der Waals surface area contributed by atoms with Gasteiger partial charge in [-0.1, -0.05) is 19.1 Å². The smallest absolute Gasteiger partial charge is 0.216 e. The van der Waals surface area contributed by atoms with Gasteiger partial charge >= 0.3 is 0 Å². The zero-order valence-electron chi connectivity index (χ0n) is 10.0. The largest absolute Gasteiger partial charge is 0.354 e. The van der Waals surface area contributed by atoms with Crippen molar-refractivity contribution in [3.8, 4) is 0 Å². The maximum Gasteiger partial charge on any atom is 0.216 e. The molecule has 0 unspecified atom stereocenters. The van der Waals surface area contributed by atoms with E-state index < -0.39 is 0 Å². The molecule has 0 spiro atoms. The Bertz CT molecular complexity index is 334. The summed E-state index contributed by atoms with van der Waals surface area (Å²) in [4.78, 5) is 10.7. The van der Waals surface area contributed by atoms with E-state index in [-0.39, 0.29) is 5.91 Å². The molecule has 0 aliphatic rings. The van der Waals surface area contributed by atoms with Gasteiger partial charge in [0, 0.05) is 32.3 Å². The van der Waals surface area contributed by atoms with E-state index in [2.05, 4.69) is 34.8 Å². The molecule has 0 radical (unpaired) electrons. The van der Waals surface area contributed by atoms with Crippen molar-refractivity contribution in [2.75, 3.05) is 6.54 Å². The van der Waals surface area contributed by atoms with E-state index in [9.17, 15) is 4.79 Å². The Labute approximate surface area is 95.4 Å². The average molecular weight is 225 g/mol. The standard InChI is InChI=1S/C10H19N5O/c1-8(2)12-6-10-7-15(14-13-10)5-4-11-9(3)16/h7-8,12H,4-6H2,1-3H3,(H,11,16). The minimum Gasteiger partial charge on any atom is -0.354 e. The van der Waals surface area contributed by atoms with Crippen LogP contribution in [-0.4, -0.2) is 33.5 Å². The number of aromatic nitrogens is 3. The zero-order valence-corrected chi connectivity index (χ0v) is 10.0. The van der Waals surface area contributed by atoms with Crippen molar-refractivity contribution < 1.29 is 4.79 Å². The Morgan fingerprint density at radius 1 is 1.56 bits per heavy atom. The van der Waals surface area contributed by atoms with Crippen LogP contribution in [-0.2, 0) is 17.9 Å². The molecule has 0 atom stereocenters. The second-order valence-corrected chi connectivity index (χ2v) is 3.99. The third kappa shape index (κ3) is 4.88. The first-order valence-electron chi connectivity index (χ1n) is 5.44. The summed E-state index contributed by atoms with van der Waals surface area (Å²) < 4.78 is 1.73. The summed E-state index contributed by atoms with van der Waals surface area (Å²) in [6.07, 6.45) is 1.89. The monoisotopic (exact) mass is 225 g/mol. The lowest BCUT2D eigenvalue weighted by atomic mass is 10.3. The maximum absolute atomic E-state index is 10.7. The van der Waals surface area contributed by atoms with Crippen molar-refractivity contribution in [2.24, 2.45) is 0 Å². The van der Waals surface area contributed by atoms with Crippen molar-refractivity contribution in [2.45, 2.75) is 39.9 Å². The van der Waals surface area contributed by atoms with E-state index in [1.54, 1.807) is 4.68 Å². The molecule has 1 amide bonds. The van der Waals surface area contributed by atoms with E-state index in [1.807, 2.05) is 6.20 Å². The van der Waals surface area contributed by atoms with Crippen LogP contribution in [0.15, 0.2) is 6.20 Å². The first kappa shape index (κ1) is 12.6. The van der Waals surface area contributed by atoms with Crippen molar-refractivity contribution in [3.05, 3.63) is 11.9 Å². The molecule has 0 fully saturated rings. The van der Waals surface area contributed by atoms with Gasteiger partial charge in [-0.2, -0.15) is 0 Å². The van der Waals surface area contributed by atoms with Crippen LogP contribution in [0, 0.1) is 0 Å². The lowest BCUT2D eigenvalue weighted by Gasteiger charge is -2.04. The van der Waals surface area contributed by atoms with Crippen molar-refractivity contribution in [1.29, 1.82) is 0 Å². The molecule has 1 heterocycles. The summed E-state index contributed by atoms with van der Waals surface area (Å²) in [5.74, 6) is -0.0261. The molecule has 0 saturated heterocycles. The molecule has 1 aromatic heterocycles. The molecule has 1 aromatic rings. The highest BCUT2D eigenvalue weighted by Gasteiger charge is 2.01. The summed E-state index contributed by atoms with van der Waals surface area (Å²) >= 11 is 0. The Kier molecular flexibility index (Phi) is 4.91. The van der Waals surface area contributed by atoms with Crippen LogP contribution < -0.4 is 10.6 Å². The average Bonchev–Trinajstić information content (AvgIpc) is 2.62. The minimum atomic E-state index is -0.0261. The highest BCUT2D eigenvalue weighted by Crippen LogP contribution is 1.93. The lowest BCUT2D eigenvalue weighted by Crippen LogP contribution is -2.24. The fraction of sp³-hybridized carbons (Fsp3) is 0.700. The molecule has 6 heteroatoms. The fourth-order valence-corrected chi connectivity index (χ4v) is 1.18. The van der Waals surface area contributed by atoms with Crippen LogP contribution in [0.3, 0.4) is 0 Å². The summed E-state index contributed by atoms with van der Waals surface area (Å²) in [5.41, 5.74) is 0.913. The maximum atomic E-state index is 10.7. The normalized spacial score (nSPS) is 10.8. The van der Waals surface area contributed by atoms with Gasteiger partial charge in [0.1, 0.15) is 0 Å². The van der Waals surface area contributed by atoms with Crippen LogP contribution in [0.2, 0.25) is 0 Å². The zero-order chi connectivity index (χ0) is 12.0. The van der Waals surface area contributed by atoms with Gasteiger partial charge in [-0.05, 0) is 0 Å². The summed E-state index contributed by atoms with van der Waals surface area (Å²) in [6.45, 7) is 7.61. The fourth-order valence-electron chi connectivity index (χ4n) is 1.18.